The summed E-state index contributed by atoms with van der Waals surface area (Å²) >= 11 is 0. The lowest BCUT2D eigenvalue weighted by atomic mass is 10.1. The third kappa shape index (κ3) is 7.09. The van der Waals surface area contributed by atoms with Crippen molar-refractivity contribution >= 4 is 5.91 Å². The minimum absolute atomic E-state index is 0.367. The molecular weight excluding hydrogens is 271 g/mol. The van der Waals surface area contributed by atoms with Crippen LogP contribution in [-0.2, 0) is 4.79 Å². The number of amides is 1. The molecule has 7 heteroatoms. The van der Waals surface area contributed by atoms with Crippen LogP contribution in [0.3, 0.4) is 0 Å². The highest BCUT2D eigenvalue weighted by molar-refractivity contribution is 5.81. The van der Waals surface area contributed by atoms with Crippen molar-refractivity contribution in [2.24, 2.45) is 5.92 Å². The van der Waals surface area contributed by atoms with E-state index in [-0.39, 0.29) is 0 Å². The number of alkyl halides is 3. The summed E-state index contributed by atoms with van der Waals surface area (Å²) in [4.78, 5) is 13.8. The molecule has 0 saturated carbocycles. The van der Waals surface area contributed by atoms with Crippen molar-refractivity contribution in [3.8, 4) is 0 Å². The van der Waals surface area contributed by atoms with Gasteiger partial charge in [0.15, 0.2) is 0 Å². The smallest absolute Gasteiger partial charge is 0.346 e. The highest BCUT2D eigenvalue weighted by Gasteiger charge is 2.28. The average Bonchev–Trinajstić information content (AvgIpc) is 2.84. The van der Waals surface area contributed by atoms with Crippen LogP contribution in [0.2, 0.25) is 0 Å². The van der Waals surface area contributed by atoms with E-state index in [4.69, 9.17) is 0 Å². The first-order chi connectivity index (χ1) is 9.28. The molecule has 0 aromatic heterocycles. The van der Waals surface area contributed by atoms with Crippen molar-refractivity contribution in [2.75, 3.05) is 32.7 Å². The number of likely N-dealkylation sites (tertiary alicyclic amines) is 1. The van der Waals surface area contributed by atoms with E-state index in [0.717, 1.165) is 19.6 Å². The van der Waals surface area contributed by atoms with E-state index in [0.29, 0.717) is 12.5 Å². The van der Waals surface area contributed by atoms with Crippen LogP contribution in [-0.4, -0.2) is 55.7 Å². The summed E-state index contributed by atoms with van der Waals surface area (Å²) in [6.45, 7) is 6.19. The molecule has 1 aliphatic heterocycles. The zero-order chi connectivity index (χ0) is 15.2. The van der Waals surface area contributed by atoms with Crippen LogP contribution in [0.1, 0.15) is 26.7 Å². The minimum Gasteiger partial charge on any atom is -0.346 e. The molecule has 1 rings (SSSR count). The highest BCUT2D eigenvalue weighted by atomic mass is 19.4. The molecule has 2 atom stereocenters. The Morgan fingerprint density at radius 1 is 1.25 bits per heavy atom. The molecule has 1 amide bonds. The van der Waals surface area contributed by atoms with Gasteiger partial charge in [0.05, 0.1) is 6.04 Å². The predicted octanol–water partition coefficient (Wildman–Crippen LogP) is 1.37. The van der Waals surface area contributed by atoms with Crippen LogP contribution in [0, 0.1) is 5.92 Å². The van der Waals surface area contributed by atoms with Crippen LogP contribution < -0.4 is 10.6 Å². The normalized spacial score (nSPS) is 19.9. The quantitative estimate of drug-likeness (QED) is 0.746. The van der Waals surface area contributed by atoms with Crippen LogP contribution >= 0.6 is 0 Å². The molecule has 0 spiro atoms. The first-order valence-electron chi connectivity index (χ1n) is 7.08. The molecule has 0 radical (unpaired) electrons. The standard InChI is InChI=1S/C13H24F3N3O/c1-10(8-19-5-3-4-6-19)7-17-11(2)12(20)18-9-13(14,15)16/h10-11,17H,3-9H2,1-2H3,(H,18,20). The molecule has 1 aliphatic rings. The Morgan fingerprint density at radius 2 is 1.85 bits per heavy atom. The fourth-order valence-electron chi connectivity index (χ4n) is 2.28. The molecule has 0 aliphatic carbocycles. The van der Waals surface area contributed by atoms with Gasteiger partial charge in [-0.05, 0) is 45.3 Å². The summed E-state index contributed by atoms with van der Waals surface area (Å²) < 4.78 is 35.9. The Bertz CT molecular complexity index is 304. The average molecular weight is 295 g/mol. The van der Waals surface area contributed by atoms with Gasteiger partial charge in [0.1, 0.15) is 6.54 Å². The van der Waals surface area contributed by atoms with E-state index >= 15 is 0 Å². The lowest BCUT2D eigenvalue weighted by Gasteiger charge is -2.22. The number of carbonyl (C=O) groups excluding carboxylic acids is 1. The molecular formula is C13H24F3N3O. The summed E-state index contributed by atoms with van der Waals surface area (Å²) in [5.74, 6) is -0.248. The summed E-state index contributed by atoms with van der Waals surface area (Å²) in [6.07, 6.45) is -1.90. The maximum Gasteiger partial charge on any atom is 0.405 e. The van der Waals surface area contributed by atoms with E-state index < -0.39 is 24.7 Å². The van der Waals surface area contributed by atoms with Gasteiger partial charge in [-0.25, -0.2) is 0 Å². The molecule has 0 aromatic rings. The van der Waals surface area contributed by atoms with Gasteiger partial charge < -0.3 is 15.5 Å². The molecule has 0 aromatic carbocycles. The maximum atomic E-state index is 12.0. The SMILES string of the molecule is CC(CNC(C)C(=O)NCC(F)(F)F)CN1CCCC1. The third-order valence-electron chi connectivity index (χ3n) is 3.40. The number of halogens is 3. The maximum absolute atomic E-state index is 12.0. The first-order valence-corrected chi connectivity index (χ1v) is 7.08. The predicted molar refractivity (Wildman–Crippen MR) is 71.4 cm³/mol. The van der Waals surface area contributed by atoms with Crippen molar-refractivity contribution in [3.63, 3.8) is 0 Å². The lowest BCUT2D eigenvalue weighted by Crippen LogP contribution is -2.46. The van der Waals surface area contributed by atoms with Gasteiger partial charge in [0, 0.05) is 6.54 Å². The highest BCUT2D eigenvalue weighted by Crippen LogP contribution is 2.12. The van der Waals surface area contributed by atoms with Crippen LogP contribution in [0.15, 0.2) is 0 Å². The Hall–Kier alpha value is -0.820. The van der Waals surface area contributed by atoms with Gasteiger partial charge in [0.2, 0.25) is 5.91 Å². The summed E-state index contributed by atoms with van der Waals surface area (Å²) in [7, 11) is 0. The largest absolute Gasteiger partial charge is 0.405 e. The van der Waals surface area contributed by atoms with E-state index in [9.17, 15) is 18.0 Å². The molecule has 118 valence electrons. The summed E-state index contributed by atoms with van der Waals surface area (Å²) in [5, 5.41) is 4.87. The molecule has 1 fully saturated rings. The van der Waals surface area contributed by atoms with Gasteiger partial charge in [-0.1, -0.05) is 6.92 Å². The van der Waals surface area contributed by atoms with Crippen molar-refractivity contribution in [3.05, 3.63) is 0 Å². The number of carbonyl (C=O) groups is 1. The first kappa shape index (κ1) is 17.2. The Labute approximate surface area is 118 Å². The number of hydrogen-bond acceptors (Lipinski definition) is 3. The zero-order valence-electron chi connectivity index (χ0n) is 12.1. The summed E-state index contributed by atoms with van der Waals surface area (Å²) in [5.41, 5.74) is 0. The lowest BCUT2D eigenvalue weighted by molar-refractivity contribution is -0.139. The number of nitrogens with zero attached hydrogens (tertiary/aromatic N) is 1. The van der Waals surface area contributed by atoms with Gasteiger partial charge in [-0.3, -0.25) is 4.79 Å². The van der Waals surface area contributed by atoms with Gasteiger partial charge in [0.25, 0.3) is 0 Å². The van der Waals surface area contributed by atoms with Gasteiger partial charge in [-0.15, -0.1) is 0 Å². The van der Waals surface area contributed by atoms with Crippen LogP contribution in [0.4, 0.5) is 13.2 Å². The molecule has 2 unspecified atom stereocenters. The van der Waals surface area contributed by atoms with Gasteiger partial charge in [-0.2, -0.15) is 13.2 Å². The second-order valence-electron chi connectivity index (χ2n) is 5.58. The van der Waals surface area contributed by atoms with Crippen molar-refractivity contribution in [2.45, 2.75) is 38.9 Å². The second kappa shape index (κ2) is 7.83. The Balaban J connectivity index is 2.17. The summed E-state index contributed by atoms with van der Waals surface area (Å²) in [6, 6.07) is -0.613. The van der Waals surface area contributed by atoms with E-state index in [2.05, 4.69) is 17.1 Å². The molecule has 20 heavy (non-hydrogen) atoms. The fourth-order valence-corrected chi connectivity index (χ4v) is 2.28. The van der Waals surface area contributed by atoms with Crippen molar-refractivity contribution in [1.82, 2.24) is 15.5 Å². The molecule has 2 N–H and O–H groups in total. The topological polar surface area (TPSA) is 44.4 Å². The Kier molecular flexibility index (Phi) is 6.75. The molecule has 4 nitrogen and oxygen atoms in total. The van der Waals surface area contributed by atoms with Crippen molar-refractivity contribution in [1.29, 1.82) is 0 Å². The molecule has 0 bridgehead atoms. The fraction of sp³-hybridized carbons (Fsp3) is 0.923. The molecule has 1 heterocycles. The van der Waals surface area contributed by atoms with E-state index in [1.807, 2.05) is 5.32 Å². The number of hydrogen-bond donors (Lipinski definition) is 2. The van der Waals surface area contributed by atoms with E-state index in [1.54, 1.807) is 6.92 Å². The third-order valence-corrected chi connectivity index (χ3v) is 3.40. The van der Waals surface area contributed by atoms with Crippen molar-refractivity contribution < 1.29 is 18.0 Å². The minimum atomic E-state index is -4.36. The molecule has 1 saturated heterocycles. The number of nitrogens with one attached hydrogen (secondary N) is 2. The van der Waals surface area contributed by atoms with Gasteiger partial charge >= 0.3 is 6.18 Å². The monoisotopic (exact) mass is 295 g/mol. The van der Waals surface area contributed by atoms with Crippen LogP contribution in [0.5, 0.6) is 0 Å². The Morgan fingerprint density at radius 3 is 2.40 bits per heavy atom. The number of rotatable bonds is 7. The van der Waals surface area contributed by atoms with Crippen LogP contribution in [0.25, 0.3) is 0 Å². The second-order valence-corrected chi connectivity index (χ2v) is 5.58. The zero-order valence-corrected chi connectivity index (χ0v) is 12.1. The van der Waals surface area contributed by atoms with E-state index in [1.165, 1.54) is 12.8 Å².